The molecular weight excluding hydrogens is 454 g/mol. The van der Waals surface area contributed by atoms with E-state index in [1.807, 2.05) is 42.5 Å². The first kappa shape index (κ1) is 25.8. The van der Waals surface area contributed by atoms with E-state index in [-0.39, 0.29) is 23.6 Å². The van der Waals surface area contributed by atoms with Crippen LogP contribution in [0.2, 0.25) is 0 Å². The Morgan fingerprint density at radius 2 is 1.72 bits per heavy atom. The smallest absolute Gasteiger partial charge is 0.248 e. The average molecular weight is 492 g/mol. The highest BCUT2D eigenvalue weighted by molar-refractivity contribution is 6.00. The van der Waals surface area contributed by atoms with Gasteiger partial charge in [-0.25, -0.2) is 4.98 Å². The molecule has 1 saturated heterocycles. The fraction of sp³-hybridized carbons (Fsp3) is 0.500. The normalized spacial score (nSPS) is 19.9. The number of carbonyl (C=O) groups excluding carboxylic acids is 3. The van der Waals surface area contributed by atoms with E-state index in [0.29, 0.717) is 18.8 Å². The molecule has 1 aromatic heterocycles. The van der Waals surface area contributed by atoms with Crippen LogP contribution in [0.15, 0.2) is 48.7 Å². The lowest BCUT2D eigenvalue weighted by molar-refractivity contribution is -0.142. The van der Waals surface area contributed by atoms with Crippen molar-refractivity contribution < 1.29 is 14.4 Å². The number of anilines is 1. The maximum atomic E-state index is 13.8. The van der Waals surface area contributed by atoms with Crippen LogP contribution >= 0.6 is 0 Å². The van der Waals surface area contributed by atoms with Crippen LogP contribution in [0.25, 0.3) is 11.1 Å². The molecule has 2 aliphatic rings. The first-order valence-electron chi connectivity index (χ1n) is 13.1. The molecule has 0 bridgehead atoms. The van der Waals surface area contributed by atoms with Crippen LogP contribution in [0, 0.1) is 5.92 Å². The van der Waals surface area contributed by atoms with Crippen LogP contribution in [-0.2, 0) is 14.4 Å². The predicted molar refractivity (Wildman–Crippen MR) is 140 cm³/mol. The first-order valence-corrected chi connectivity index (χ1v) is 13.1. The zero-order valence-electron chi connectivity index (χ0n) is 21.2. The van der Waals surface area contributed by atoms with Gasteiger partial charge in [-0.3, -0.25) is 14.4 Å². The van der Waals surface area contributed by atoms with Gasteiger partial charge in [-0.1, -0.05) is 49.6 Å². The van der Waals surface area contributed by atoms with E-state index in [1.165, 1.54) is 0 Å². The molecule has 3 amide bonds. The summed E-state index contributed by atoms with van der Waals surface area (Å²) < 4.78 is 0. The maximum absolute atomic E-state index is 13.8. The van der Waals surface area contributed by atoms with E-state index >= 15 is 0 Å². The quantitative estimate of drug-likeness (QED) is 0.526. The minimum Gasteiger partial charge on any atom is -0.343 e. The second-order valence-corrected chi connectivity index (χ2v) is 9.84. The van der Waals surface area contributed by atoms with Crippen molar-refractivity contribution in [2.45, 2.75) is 70.0 Å². The van der Waals surface area contributed by atoms with Crippen LogP contribution < -0.4 is 16.0 Å². The number of benzene rings is 1. The molecule has 2 heterocycles. The Kier molecular flexibility index (Phi) is 8.70. The summed E-state index contributed by atoms with van der Waals surface area (Å²) in [4.78, 5) is 46.1. The number of hydrogen-bond acceptors (Lipinski definition) is 5. The number of nitrogens with one attached hydrogen (secondary N) is 3. The molecule has 1 aliphatic heterocycles. The van der Waals surface area contributed by atoms with Gasteiger partial charge in [-0.2, -0.15) is 0 Å². The molecule has 2 fully saturated rings. The molecular formula is C28H37N5O3. The molecule has 2 aromatic rings. The Balaban J connectivity index is 1.52. The molecule has 0 unspecified atom stereocenters. The van der Waals surface area contributed by atoms with Gasteiger partial charge in [0.2, 0.25) is 17.7 Å². The monoisotopic (exact) mass is 491 g/mol. The molecule has 36 heavy (non-hydrogen) atoms. The van der Waals surface area contributed by atoms with Crippen molar-refractivity contribution in [3.8, 4) is 11.1 Å². The van der Waals surface area contributed by atoms with Crippen molar-refractivity contribution in [2.75, 3.05) is 18.9 Å². The van der Waals surface area contributed by atoms with Crippen LogP contribution in [-0.4, -0.2) is 59.3 Å². The van der Waals surface area contributed by atoms with Gasteiger partial charge in [0.05, 0.1) is 6.04 Å². The van der Waals surface area contributed by atoms with Crippen molar-refractivity contribution in [3.63, 3.8) is 0 Å². The van der Waals surface area contributed by atoms with Crippen molar-refractivity contribution in [2.24, 2.45) is 5.92 Å². The minimum atomic E-state index is -0.614. The van der Waals surface area contributed by atoms with Gasteiger partial charge in [-0.15, -0.1) is 0 Å². The Morgan fingerprint density at radius 1 is 0.972 bits per heavy atom. The highest BCUT2D eigenvalue weighted by atomic mass is 16.2. The average Bonchev–Trinajstić information content (AvgIpc) is 3.42. The van der Waals surface area contributed by atoms with Gasteiger partial charge in [-0.05, 0) is 63.3 Å². The van der Waals surface area contributed by atoms with Gasteiger partial charge in [0, 0.05) is 18.3 Å². The van der Waals surface area contributed by atoms with E-state index in [9.17, 15) is 14.4 Å². The van der Waals surface area contributed by atoms with E-state index in [2.05, 4.69) is 20.9 Å². The molecule has 8 heteroatoms. The standard InChI is InChI=1S/C28H37N5O3/c1-19(29-2)26(34)31-24(21-13-7-4-8-14-21)28(36)33-18-10-16-23(33)27(35)32-25-22(15-9-17-30-25)20-11-5-3-6-12-20/h3,5-6,9,11-12,15,17,19,21,23-24,29H,4,7-8,10,13-14,16,18H2,1-2H3,(H,31,34)(H,30,32,35)/t19-,23-,24-/m0/s1. The maximum Gasteiger partial charge on any atom is 0.248 e. The van der Waals surface area contributed by atoms with Crippen molar-refractivity contribution in [1.82, 2.24) is 20.5 Å². The van der Waals surface area contributed by atoms with Gasteiger partial charge in [0.25, 0.3) is 0 Å². The third-order valence-corrected chi connectivity index (χ3v) is 7.48. The fourth-order valence-corrected chi connectivity index (χ4v) is 5.30. The van der Waals surface area contributed by atoms with Gasteiger partial charge in [0.1, 0.15) is 17.9 Å². The van der Waals surface area contributed by atoms with E-state index in [0.717, 1.165) is 49.7 Å². The summed E-state index contributed by atoms with van der Waals surface area (Å²) in [6.07, 6.45) is 8.06. The van der Waals surface area contributed by atoms with Gasteiger partial charge >= 0.3 is 0 Å². The lowest BCUT2D eigenvalue weighted by Gasteiger charge is -2.35. The summed E-state index contributed by atoms with van der Waals surface area (Å²) in [5.74, 6) is -0.0193. The fourth-order valence-electron chi connectivity index (χ4n) is 5.30. The summed E-state index contributed by atoms with van der Waals surface area (Å²) in [5.41, 5.74) is 1.79. The molecule has 0 radical (unpaired) electrons. The second-order valence-electron chi connectivity index (χ2n) is 9.84. The van der Waals surface area contributed by atoms with Crippen molar-refractivity contribution >= 4 is 23.5 Å². The number of aromatic nitrogens is 1. The SMILES string of the molecule is CN[C@@H](C)C(=O)N[C@H](C(=O)N1CCC[C@H]1C(=O)Nc1ncccc1-c1ccccc1)C1CCCCC1. The van der Waals surface area contributed by atoms with Gasteiger partial charge in [0.15, 0.2) is 0 Å². The molecule has 1 aliphatic carbocycles. The molecule has 3 atom stereocenters. The second kappa shape index (κ2) is 12.1. The number of pyridine rings is 1. The molecule has 8 nitrogen and oxygen atoms in total. The zero-order valence-corrected chi connectivity index (χ0v) is 21.2. The zero-order chi connectivity index (χ0) is 25.5. The third-order valence-electron chi connectivity index (χ3n) is 7.48. The summed E-state index contributed by atoms with van der Waals surface area (Å²) in [6, 6.07) is 11.9. The van der Waals surface area contributed by atoms with Crippen LogP contribution in [0.1, 0.15) is 51.9 Å². The Hall–Kier alpha value is -3.26. The summed E-state index contributed by atoms with van der Waals surface area (Å²) in [7, 11) is 1.73. The number of rotatable bonds is 8. The van der Waals surface area contributed by atoms with Crippen LogP contribution in [0.3, 0.4) is 0 Å². The van der Waals surface area contributed by atoms with E-state index in [4.69, 9.17) is 0 Å². The van der Waals surface area contributed by atoms with Crippen molar-refractivity contribution in [1.29, 1.82) is 0 Å². The predicted octanol–water partition coefficient (Wildman–Crippen LogP) is 3.35. The molecule has 1 aromatic carbocycles. The Labute approximate surface area is 213 Å². The third kappa shape index (κ3) is 5.93. The molecule has 0 spiro atoms. The van der Waals surface area contributed by atoms with E-state index < -0.39 is 18.1 Å². The molecule has 4 rings (SSSR count). The lowest BCUT2D eigenvalue weighted by atomic mass is 9.83. The van der Waals surface area contributed by atoms with E-state index in [1.54, 1.807) is 25.1 Å². The Bertz CT molecular complexity index is 1050. The number of hydrogen-bond donors (Lipinski definition) is 3. The summed E-state index contributed by atoms with van der Waals surface area (Å²) >= 11 is 0. The first-order chi connectivity index (χ1) is 17.5. The number of likely N-dealkylation sites (N-methyl/N-ethyl adjacent to an activating group) is 1. The van der Waals surface area contributed by atoms with Crippen molar-refractivity contribution in [3.05, 3.63) is 48.7 Å². The largest absolute Gasteiger partial charge is 0.343 e. The van der Waals surface area contributed by atoms with Crippen LogP contribution in [0.5, 0.6) is 0 Å². The number of nitrogens with zero attached hydrogens (tertiary/aromatic N) is 2. The molecule has 192 valence electrons. The Morgan fingerprint density at radius 3 is 2.44 bits per heavy atom. The van der Waals surface area contributed by atoms with Gasteiger partial charge < -0.3 is 20.9 Å². The molecule has 3 N–H and O–H groups in total. The highest BCUT2D eigenvalue weighted by Gasteiger charge is 2.41. The number of likely N-dealkylation sites (tertiary alicyclic amines) is 1. The van der Waals surface area contributed by atoms with Crippen LogP contribution in [0.4, 0.5) is 5.82 Å². The summed E-state index contributed by atoms with van der Waals surface area (Å²) in [6.45, 7) is 2.28. The lowest BCUT2D eigenvalue weighted by Crippen LogP contribution is -2.57. The molecule has 1 saturated carbocycles. The topological polar surface area (TPSA) is 103 Å². The summed E-state index contributed by atoms with van der Waals surface area (Å²) in [5, 5.41) is 8.94. The minimum absolute atomic E-state index is 0.0871. The number of amides is 3. The highest BCUT2D eigenvalue weighted by Crippen LogP contribution is 2.30. The number of carbonyl (C=O) groups is 3.